The van der Waals surface area contributed by atoms with Gasteiger partial charge in [-0.3, -0.25) is 0 Å². The van der Waals surface area contributed by atoms with Gasteiger partial charge in [-0.2, -0.15) is 0 Å². The Kier molecular flexibility index (Phi) is 3.60. The van der Waals surface area contributed by atoms with Gasteiger partial charge in [0.05, 0.1) is 17.3 Å². The number of aliphatic hydroxyl groups excluding tert-OH is 1. The first-order chi connectivity index (χ1) is 6.15. The maximum Gasteiger partial charge on any atom is 0.0656 e. The first-order valence-corrected chi connectivity index (χ1v) is 4.42. The normalized spacial score (nSPS) is 11.0. The SMILES string of the molecule is Nc1c(Cl)cc(Cl)cc1C=CCO. The van der Waals surface area contributed by atoms with Crippen molar-refractivity contribution in [3.8, 4) is 0 Å². The van der Waals surface area contributed by atoms with Crippen molar-refractivity contribution in [1.29, 1.82) is 0 Å². The van der Waals surface area contributed by atoms with Crippen LogP contribution in [0.15, 0.2) is 18.2 Å². The molecule has 0 aliphatic rings. The lowest BCUT2D eigenvalue weighted by molar-refractivity contribution is 0.343. The largest absolute Gasteiger partial charge is 0.397 e. The molecular weight excluding hydrogens is 209 g/mol. The molecule has 2 nitrogen and oxygen atoms in total. The predicted molar refractivity (Wildman–Crippen MR) is 57.0 cm³/mol. The van der Waals surface area contributed by atoms with Crippen LogP contribution in [-0.2, 0) is 0 Å². The third kappa shape index (κ3) is 2.62. The van der Waals surface area contributed by atoms with Gasteiger partial charge in [-0.05, 0) is 12.1 Å². The lowest BCUT2D eigenvalue weighted by Gasteiger charge is -2.03. The standard InChI is InChI=1S/C9H9Cl2NO/c10-7-4-6(2-1-3-13)9(12)8(11)5-7/h1-2,4-5,13H,3,12H2. The van der Waals surface area contributed by atoms with Gasteiger partial charge in [-0.1, -0.05) is 35.4 Å². The average Bonchev–Trinajstić information content (AvgIpc) is 2.09. The minimum Gasteiger partial charge on any atom is -0.397 e. The number of anilines is 1. The van der Waals surface area contributed by atoms with Gasteiger partial charge in [0.1, 0.15) is 0 Å². The van der Waals surface area contributed by atoms with E-state index in [1.807, 2.05) is 0 Å². The summed E-state index contributed by atoms with van der Waals surface area (Å²) in [6.07, 6.45) is 3.24. The van der Waals surface area contributed by atoms with Crippen molar-refractivity contribution in [3.63, 3.8) is 0 Å². The first kappa shape index (κ1) is 10.4. The van der Waals surface area contributed by atoms with E-state index in [0.717, 1.165) is 0 Å². The molecule has 4 heteroatoms. The van der Waals surface area contributed by atoms with Crippen LogP contribution in [0.2, 0.25) is 10.0 Å². The second kappa shape index (κ2) is 4.51. The van der Waals surface area contributed by atoms with Crippen LogP contribution in [0.4, 0.5) is 5.69 Å². The van der Waals surface area contributed by atoms with E-state index in [0.29, 0.717) is 21.3 Å². The summed E-state index contributed by atoms with van der Waals surface area (Å²) in [5.41, 5.74) is 6.85. The average molecular weight is 218 g/mol. The molecular formula is C9H9Cl2NO. The summed E-state index contributed by atoms with van der Waals surface area (Å²) in [7, 11) is 0. The molecule has 0 aliphatic heterocycles. The molecule has 1 aromatic rings. The van der Waals surface area contributed by atoms with Gasteiger partial charge < -0.3 is 10.8 Å². The Morgan fingerprint density at radius 1 is 1.38 bits per heavy atom. The second-order valence-electron chi connectivity index (χ2n) is 2.48. The van der Waals surface area contributed by atoms with E-state index in [4.69, 9.17) is 34.0 Å². The lowest BCUT2D eigenvalue weighted by Crippen LogP contribution is -1.90. The molecule has 1 rings (SSSR count). The van der Waals surface area contributed by atoms with Crippen molar-refractivity contribution in [3.05, 3.63) is 33.8 Å². The minimum atomic E-state index is -0.0381. The number of nitrogens with two attached hydrogens (primary N) is 1. The van der Waals surface area contributed by atoms with Crippen LogP contribution in [-0.4, -0.2) is 11.7 Å². The monoisotopic (exact) mass is 217 g/mol. The molecule has 70 valence electrons. The molecule has 0 unspecified atom stereocenters. The molecule has 0 fully saturated rings. The molecule has 0 heterocycles. The summed E-state index contributed by atoms with van der Waals surface area (Å²) in [5.74, 6) is 0. The molecule has 0 amide bonds. The summed E-state index contributed by atoms with van der Waals surface area (Å²) >= 11 is 11.6. The Bertz CT molecular complexity index is 337. The maximum absolute atomic E-state index is 8.56. The van der Waals surface area contributed by atoms with Crippen molar-refractivity contribution < 1.29 is 5.11 Å². The van der Waals surface area contributed by atoms with Gasteiger partial charge in [0.15, 0.2) is 0 Å². The van der Waals surface area contributed by atoms with Crippen LogP contribution in [0, 0.1) is 0 Å². The van der Waals surface area contributed by atoms with Crippen LogP contribution < -0.4 is 5.73 Å². The van der Waals surface area contributed by atoms with Gasteiger partial charge in [-0.25, -0.2) is 0 Å². The van der Waals surface area contributed by atoms with Gasteiger partial charge in [0.2, 0.25) is 0 Å². The Balaban J connectivity index is 3.12. The molecule has 13 heavy (non-hydrogen) atoms. The van der Waals surface area contributed by atoms with Crippen molar-refractivity contribution in [2.45, 2.75) is 0 Å². The Labute approximate surface area is 86.6 Å². The number of hydrogen-bond acceptors (Lipinski definition) is 2. The van der Waals surface area contributed by atoms with E-state index in [9.17, 15) is 0 Å². The van der Waals surface area contributed by atoms with Crippen molar-refractivity contribution in [1.82, 2.24) is 0 Å². The zero-order valence-electron chi connectivity index (χ0n) is 6.80. The highest BCUT2D eigenvalue weighted by molar-refractivity contribution is 6.36. The summed E-state index contributed by atoms with van der Waals surface area (Å²) in [5, 5.41) is 9.51. The van der Waals surface area contributed by atoms with E-state index >= 15 is 0 Å². The summed E-state index contributed by atoms with van der Waals surface area (Å²) < 4.78 is 0. The highest BCUT2D eigenvalue weighted by Crippen LogP contribution is 2.28. The fourth-order valence-electron chi connectivity index (χ4n) is 0.922. The molecule has 0 atom stereocenters. The van der Waals surface area contributed by atoms with E-state index in [2.05, 4.69) is 0 Å². The maximum atomic E-state index is 8.56. The van der Waals surface area contributed by atoms with E-state index in [1.165, 1.54) is 0 Å². The summed E-state index contributed by atoms with van der Waals surface area (Å²) in [4.78, 5) is 0. The minimum absolute atomic E-state index is 0.0381. The molecule has 0 spiro atoms. The molecule has 0 aromatic heterocycles. The zero-order valence-corrected chi connectivity index (χ0v) is 8.31. The fourth-order valence-corrected chi connectivity index (χ4v) is 1.43. The van der Waals surface area contributed by atoms with Crippen molar-refractivity contribution >= 4 is 35.0 Å². The smallest absolute Gasteiger partial charge is 0.0656 e. The molecule has 0 saturated carbocycles. The Hall–Kier alpha value is -0.700. The molecule has 3 N–H and O–H groups in total. The summed E-state index contributed by atoms with van der Waals surface area (Å²) in [6, 6.07) is 3.27. The molecule has 0 saturated heterocycles. The van der Waals surface area contributed by atoms with Crippen LogP contribution in [0.25, 0.3) is 6.08 Å². The van der Waals surface area contributed by atoms with Gasteiger partial charge in [0.25, 0.3) is 0 Å². The second-order valence-corrected chi connectivity index (χ2v) is 3.32. The van der Waals surface area contributed by atoms with E-state index < -0.39 is 0 Å². The molecule has 0 aliphatic carbocycles. The van der Waals surface area contributed by atoms with Crippen molar-refractivity contribution in [2.75, 3.05) is 12.3 Å². The van der Waals surface area contributed by atoms with Crippen molar-refractivity contribution in [2.24, 2.45) is 0 Å². The number of hydrogen-bond donors (Lipinski definition) is 2. The molecule has 1 aromatic carbocycles. The lowest BCUT2D eigenvalue weighted by atomic mass is 10.1. The number of nitrogen functional groups attached to an aromatic ring is 1. The van der Waals surface area contributed by atoms with Gasteiger partial charge >= 0.3 is 0 Å². The third-order valence-corrected chi connectivity index (χ3v) is 2.06. The van der Waals surface area contributed by atoms with Crippen LogP contribution in [0.3, 0.4) is 0 Å². The predicted octanol–water partition coefficient (Wildman–Crippen LogP) is 2.58. The van der Waals surface area contributed by atoms with E-state index in [-0.39, 0.29) is 6.61 Å². The molecule has 0 radical (unpaired) electrons. The zero-order chi connectivity index (χ0) is 9.84. The highest BCUT2D eigenvalue weighted by Gasteiger charge is 2.02. The van der Waals surface area contributed by atoms with E-state index in [1.54, 1.807) is 24.3 Å². The Morgan fingerprint density at radius 2 is 2.08 bits per heavy atom. The number of rotatable bonds is 2. The number of halogens is 2. The quantitative estimate of drug-likeness (QED) is 0.749. The third-order valence-electron chi connectivity index (χ3n) is 1.53. The fraction of sp³-hybridized carbons (Fsp3) is 0.111. The number of benzene rings is 1. The van der Waals surface area contributed by atoms with Crippen LogP contribution in [0.1, 0.15) is 5.56 Å². The number of aliphatic hydroxyl groups is 1. The molecule has 0 bridgehead atoms. The van der Waals surface area contributed by atoms with Gasteiger partial charge in [0, 0.05) is 10.6 Å². The first-order valence-electron chi connectivity index (χ1n) is 3.67. The van der Waals surface area contributed by atoms with Crippen LogP contribution in [0.5, 0.6) is 0 Å². The highest BCUT2D eigenvalue weighted by atomic mass is 35.5. The van der Waals surface area contributed by atoms with Gasteiger partial charge in [-0.15, -0.1) is 0 Å². The topological polar surface area (TPSA) is 46.2 Å². The summed E-state index contributed by atoms with van der Waals surface area (Å²) in [6.45, 7) is -0.0381. The van der Waals surface area contributed by atoms with Crippen LogP contribution >= 0.6 is 23.2 Å². The Morgan fingerprint density at radius 3 is 2.69 bits per heavy atom.